The van der Waals surface area contributed by atoms with Crippen LogP contribution < -0.4 is 0 Å². The van der Waals surface area contributed by atoms with Crippen LogP contribution in [0, 0.1) is 13.8 Å². The second-order valence-corrected chi connectivity index (χ2v) is 5.02. The summed E-state index contributed by atoms with van der Waals surface area (Å²) in [6.45, 7) is 4.09. The van der Waals surface area contributed by atoms with E-state index in [1.165, 1.54) is 4.90 Å². The number of benzene rings is 1. The van der Waals surface area contributed by atoms with Crippen molar-refractivity contribution in [2.24, 2.45) is 0 Å². The highest BCUT2D eigenvalue weighted by Crippen LogP contribution is 2.24. The van der Waals surface area contributed by atoms with Crippen molar-refractivity contribution in [2.45, 2.75) is 20.4 Å². The highest BCUT2D eigenvalue weighted by Gasteiger charge is 2.35. The van der Waals surface area contributed by atoms with E-state index < -0.39 is 0 Å². The minimum absolute atomic E-state index is 0.217. The average molecular weight is 266 g/mol. The van der Waals surface area contributed by atoms with Crippen LogP contribution in [0.25, 0.3) is 0 Å². The molecular formula is C16H14N2O2. The van der Waals surface area contributed by atoms with E-state index in [9.17, 15) is 9.59 Å². The van der Waals surface area contributed by atoms with Gasteiger partial charge in [-0.2, -0.15) is 0 Å². The maximum absolute atomic E-state index is 12.3. The lowest BCUT2D eigenvalue weighted by Crippen LogP contribution is -2.29. The van der Waals surface area contributed by atoms with Gasteiger partial charge in [0, 0.05) is 5.69 Å². The van der Waals surface area contributed by atoms with E-state index in [0.717, 1.165) is 17.0 Å². The number of fused-ring (bicyclic) bond motifs is 1. The number of hydrogen-bond acceptors (Lipinski definition) is 3. The fourth-order valence-electron chi connectivity index (χ4n) is 2.55. The van der Waals surface area contributed by atoms with Gasteiger partial charge in [-0.25, -0.2) is 0 Å². The topological polar surface area (TPSA) is 50.3 Å². The summed E-state index contributed by atoms with van der Waals surface area (Å²) in [6, 6.07) is 10.8. The molecule has 0 spiro atoms. The molecule has 0 saturated carbocycles. The summed E-state index contributed by atoms with van der Waals surface area (Å²) >= 11 is 0. The van der Waals surface area contributed by atoms with Gasteiger partial charge in [-0.3, -0.25) is 19.5 Å². The summed E-state index contributed by atoms with van der Waals surface area (Å²) in [4.78, 5) is 30.2. The molecule has 3 rings (SSSR count). The number of nitrogens with zero attached hydrogens (tertiary/aromatic N) is 2. The number of aromatic nitrogens is 1. The smallest absolute Gasteiger partial charge is 0.261 e. The number of amides is 2. The molecular weight excluding hydrogens is 252 g/mol. The van der Waals surface area contributed by atoms with Gasteiger partial charge in [0.2, 0.25) is 0 Å². The Hall–Kier alpha value is -2.49. The van der Waals surface area contributed by atoms with Crippen molar-refractivity contribution < 1.29 is 9.59 Å². The third-order valence-electron chi connectivity index (χ3n) is 3.35. The molecule has 4 heteroatoms. The van der Waals surface area contributed by atoms with Gasteiger partial charge < -0.3 is 0 Å². The zero-order chi connectivity index (χ0) is 14.3. The quantitative estimate of drug-likeness (QED) is 0.785. The van der Waals surface area contributed by atoms with Gasteiger partial charge in [0.25, 0.3) is 11.8 Å². The molecule has 20 heavy (non-hydrogen) atoms. The van der Waals surface area contributed by atoms with Crippen molar-refractivity contribution in [3.8, 4) is 0 Å². The molecule has 0 bridgehead atoms. The van der Waals surface area contributed by atoms with Gasteiger partial charge in [-0.15, -0.1) is 0 Å². The van der Waals surface area contributed by atoms with Crippen LogP contribution >= 0.6 is 0 Å². The summed E-state index contributed by atoms with van der Waals surface area (Å²) in [6.07, 6.45) is 0. The number of carbonyl (C=O) groups is 2. The van der Waals surface area contributed by atoms with Crippen LogP contribution in [0.1, 0.15) is 37.7 Å². The van der Waals surface area contributed by atoms with Crippen molar-refractivity contribution in [1.29, 1.82) is 0 Å². The lowest BCUT2D eigenvalue weighted by atomic mass is 10.1. The molecule has 2 aromatic rings. The van der Waals surface area contributed by atoms with Crippen LogP contribution in [0.15, 0.2) is 36.4 Å². The van der Waals surface area contributed by atoms with Crippen molar-refractivity contribution in [2.75, 3.05) is 0 Å². The summed E-state index contributed by atoms with van der Waals surface area (Å²) < 4.78 is 0. The lowest BCUT2D eigenvalue weighted by Gasteiger charge is -2.14. The molecule has 0 unspecified atom stereocenters. The van der Waals surface area contributed by atoms with Crippen LogP contribution in [-0.4, -0.2) is 21.7 Å². The van der Waals surface area contributed by atoms with Gasteiger partial charge in [0.05, 0.1) is 23.4 Å². The number of aryl methyl sites for hydroxylation is 2. The third-order valence-corrected chi connectivity index (χ3v) is 3.35. The number of rotatable bonds is 2. The van der Waals surface area contributed by atoms with Gasteiger partial charge >= 0.3 is 0 Å². The van der Waals surface area contributed by atoms with Crippen molar-refractivity contribution in [3.05, 3.63) is 64.5 Å². The maximum Gasteiger partial charge on any atom is 0.261 e. The van der Waals surface area contributed by atoms with Crippen LogP contribution in [0.5, 0.6) is 0 Å². The molecule has 1 aromatic carbocycles. The molecule has 0 radical (unpaired) electrons. The van der Waals surface area contributed by atoms with Gasteiger partial charge in [-0.05, 0) is 43.7 Å². The molecule has 0 fully saturated rings. The van der Waals surface area contributed by atoms with Gasteiger partial charge in [-0.1, -0.05) is 12.1 Å². The van der Waals surface area contributed by atoms with Crippen molar-refractivity contribution in [3.63, 3.8) is 0 Å². The minimum atomic E-state index is -0.244. The summed E-state index contributed by atoms with van der Waals surface area (Å²) in [5, 5.41) is 0. The van der Waals surface area contributed by atoms with E-state index in [1.807, 2.05) is 26.0 Å². The molecule has 4 nitrogen and oxygen atoms in total. The predicted octanol–water partition coefficient (Wildman–Crippen LogP) is 2.49. The average Bonchev–Trinajstić information content (AvgIpc) is 2.64. The molecule has 1 aromatic heterocycles. The Morgan fingerprint density at radius 3 is 2.15 bits per heavy atom. The van der Waals surface area contributed by atoms with Gasteiger partial charge in [0.1, 0.15) is 0 Å². The molecule has 0 N–H and O–H groups in total. The highest BCUT2D eigenvalue weighted by molar-refractivity contribution is 6.21. The molecule has 1 aliphatic heterocycles. The van der Waals surface area contributed by atoms with Crippen LogP contribution in [0.4, 0.5) is 0 Å². The minimum Gasteiger partial charge on any atom is -0.269 e. The number of imide groups is 1. The Bertz CT molecular complexity index is 667. The number of pyridine rings is 1. The predicted molar refractivity (Wildman–Crippen MR) is 74.4 cm³/mol. The normalized spacial score (nSPS) is 13.8. The first-order valence-corrected chi connectivity index (χ1v) is 6.45. The Morgan fingerprint density at radius 2 is 1.60 bits per heavy atom. The van der Waals surface area contributed by atoms with Crippen molar-refractivity contribution in [1.82, 2.24) is 9.88 Å². The van der Waals surface area contributed by atoms with Crippen LogP contribution in [0.2, 0.25) is 0 Å². The van der Waals surface area contributed by atoms with Crippen LogP contribution in [0.3, 0.4) is 0 Å². The molecule has 1 aliphatic rings. The van der Waals surface area contributed by atoms with E-state index >= 15 is 0 Å². The first-order chi connectivity index (χ1) is 9.56. The molecule has 2 amide bonds. The molecule has 0 aliphatic carbocycles. The fourth-order valence-corrected chi connectivity index (χ4v) is 2.55. The van der Waals surface area contributed by atoms with Gasteiger partial charge in [0.15, 0.2) is 0 Å². The zero-order valence-electron chi connectivity index (χ0n) is 11.4. The Kier molecular flexibility index (Phi) is 2.86. The molecule has 100 valence electrons. The lowest BCUT2D eigenvalue weighted by molar-refractivity contribution is 0.0640. The standard InChI is InChI=1S/C16H14N2O2/c1-10-7-11(2)17-12(8-10)9-18-15(19)13-5-3-4-6-14(13)16(18)20/h3-8H,9H2,1-2H3. The van der Waals surface area contributed by atoms with Crippen molar-refractivity contribution >= 4 is 11.8 Å². The Morgan fingerprint density at radius 1 is 1.00 bits per heavy atom. The first kappa shape index (κ1) is 12.5. The second kappa shape index (κ2) is 4.56. The summed E-state index contributed by atoms with van der Waals surface area (Å²) in [5.41, 5.74) is 3.64. The highest BCUT2D eigenvalue weighted by atomic mass is 16.2. The van der Waals surface area contributed by atoms with E-state index in [0.29, 0.717) is 11.1 Å². The SMILES string of the molecule is Cc1cc(C)nc(CN2C(=O)c3ccccc3C2=O)c1. The Labute approximate surface area is 117 Å². The molecule has 2 heterocycles. The number of carbonyl (C=O) groups excluding carboxylic acids is 2. The van der Waals surface area contributed by atoms with E-state index in [-0.39, 0.29) is 18.4 Å². The Balaban J connectivity index is 1.93. The fraction of sp³-hybridized carbons (Fsp3) is 0.188. The first-order valence-electron chi connectivity index (χ1n) is 6.45. The molecule has 0 atom stereocenters. The maximum atomic E-state index is 12.3. The summed E-state index contributed by atoms with van der Waals surface area (Å²) in [7, 11) is 0. The van der Waals surface area contributed by atoms with E-state index in [1.54, 1.807) is 24.3 Å². The third kappa shape index (κ3) is 1.99. The van der Waals surface area contributed by atoms with E-state index in [4.69, 9.17) is 0 Å². The second-order valence-electron chi connectivity index (χ2n) is 5.02. The zero-order valence-corrected chi connectivity index (χ0v) is 11.4. The number of hydrogen-bond donors (Lipinski definition) is 0. The van der Waals surface area contributed by atoms with Crippen LogP contribution in [-0.2, 0) is 6.54 Å². The largest absolute Gasteiger partial charge is 0.269 e. The molecule has 0 saturated heterocycles. The van der Waals surface area contributed by atoms with E-state index in [2.05, 4.69) is 4.98 Å². The summed E-state index contributed by atoms with van der Waals surface area (Å²) in [5.74, 6) is -0.488. The monoisotopic (exact) mass is 266 g/mol.